The van der Waals surface area contributed by atoms with Crippen LogP contribution in [0, 0.1) is 0 Å². The van der Waals surface area contributed by atoms with E-state index in [1.165, 1.54) is 0 Å². The standard InChI is InChI=1S/C20H20O4/c21-19(14-13-17-9-3-1-4-10-17)23-15-7-8-16-24-20(22)18-11-5-2-6-12-18/h1-12H,13-16H2/b8-7-. The summed E-state index contributed by atoms with van der Waals surface area (Å²) in [5, 5.41) is 0. The van der Waals surface area contributed by atoms with Gasteiger partial charge in [-0.25, -0.2) is 4.79 Å². The molecule has 0 aliphatic carbocycles. The first-order valence-corrected chi connectivity index (χ1v) is 7.82. The predicted molar refractivity (Wildman–Crippen MR) is 91.6 cm³/mol. The van der Waals surface area contributed by atoms with Gasteiger partial charge in [0.2, 0.25) is 0 Å². The highest BCUT2D eigenvalue weighted by Gasteiger charge is 2.04. The van der Waals surface area contributed by atoms with Gasteiger partial charge in [-0.3, -0.25) is 4.79 Å². The van der Waals surface area contributed by atoms with Crippen LogP contribution in [0.1, 0.15) is 22.3 Å². The van der Waals surface area contributed by atoms with Gasteiger partial charge in [0, 0.05) is 6.42 Å². The fraction of sp³-hybridized carbons (Fsp3) is 0.200. The van der Waals surface area contributed by atoms with E-state index < -0.39 is 0 Å². The highest BCUT2D eigenvalue weighted by molar-refractivity contribution is 5.89. The van der Waals surface area contributed by atoms with Gasteiger partial charge in [0.1, 0.15) is 13.2 Å². The van der Waals surface area contributed by atoms with E-state index in [4.69, 9.17) is 9.47 Å². The van der Waals surface area contributed by atoms with Gasteiger partial charge in [0.25, 0.3) is 0 Å². The van der Waals surface area contributed by atoms with Crippen LogP contribution in [0.4, 0.5) is 0 Å². The van der Waals surface area contributed by atoms with Gasteiger partial charge in [0.05, 0.1) is 5.56 Å². The van der Waals surface area contributed by atoms with E-state index in [9.17, 15) is 9.59 Å². The minimum absolute atomic E-state index is 0.148. The molecule has 2 aromatic rings. The topological polar surface area (TPSA) is 52.6 Å². The number of carbonyl (C=O) groups excluding carboxylic acids is 2. The summed E-state index contributed by atoms with van der Waals surface area (Å²) in [4.78, 5) is 23.3. The summed E-state index contributed by atoms with van der Waals surface area (Å²) in [6, 6.07) is 18.6. The van der Waals surface area contributed by atoms with Crippen molar-refractivity contribution in [2.24, 2.45) is 0 Å². The van der Waals surface area contributed by atoms with Crippen molar-refractivity contribution in [1.82, 2.24) is 0 Å². The second kappa shape index (κ2) is 10.0. The Kier molecular flexibility index (Phi) is 7.28. The summed E-state index contributed by atoms with van der Waals surface area (Å²) in [6.07, 6.45) is 4.34. The Hall–Kier alpha value is -2.88. The van der Waals surface area contributed by atoms with Gasteiger partial charge in [0.15, 0.2) is 0 Å². The molecular weight excluding hydrogens is 304 g/mol. The molecule has 0 unspecified atom stereocenters. The first-order valence-electron chi connectivity index (χ1n) is 7.82. The van der Waals surface area contributed by atoms with Crippen molar-refractivity contribution in [2.45, 2.75) is 12.8 Å². The van der Waals surface area contributed by atoms with E-state index in [0.29, 0.717) is 18.4 Å². The summed E-state index contributed by atoms with van der Waals surface area (Å²) in [5.41, 5.74) is 1.62. The van der Waals surface area contributed by atoms with Crippen LogP contribution in [0.2, 0.25) is 0 Å². The van der Waals surface area contributed by atoms with Gasteiger partial charge < -0.3 is 9.47 Å². The zero-order valence-electron chi connectivity index (χ0n) is 13.4. The van der Waals surface area contributed by atoms with Crippen LogP contribution in [0.25, 0.3) is 0 Å². The Morgan fingerprint density at radius 3 is 2.04 bits per heavy atom. The van der Waals surface area contributed by atoms with Crippen molar-refractivity contribution in [3.8, 4) is 0 Å². The van der Waals surface area contributed by atoms with Crippen LogP contribution in [0.3, 0.4) is 0 Å². The van der Waals surface area contributed by atoms with Gasteiger partial charge in [-0.1, -0.05) is 48.5 Å². The average molecular weight is 324 g/mol. The molecule has 0 N–H and O–H groups in total. The molecule has 124 valence electrons. The zero-order valence-corrected chi connectivity index (χ0v) is 13.4. The Balaban J connectivity index is 1.57. The van der Waals surface area contributed by atoms with Crippen molar-refractivity contribution in [3.63, 3.8) is 0 Å². The molecule has 0 atom stereocenters. The maximum absolute atomic E-state index is 11.7. The summed E-state index contributed by atoms with van der Waals surface area (Å²) >= 11 is 0. The lowest BCUT2D eigenvalue weighted by Gasteiger charge is -2.03. The minimum Gasteiger partial charge on any atom is -0.461 e. The summed E-state index contributed by atoms with van der Waals surface area (Å²) in [6.45, 7) is 0.325. The average Bonchev–Trinajstić information content (AvgIpc) is 2.64. The number of rotatable bonds is 8. The van der Waals surface area contributed by atoms with Crippen LogP contribution >= 0.6 is 0 Å². The number of hydrogen-bond donors (Lipinski definition) is 0. The third kappa shape index (κ3) is 6.48. The monoisotopic (exact) mass is 324 g/mol. The van der Waals surface area contributed by atoms with E-state index >= 15 is 0 Å². The molecule has 0 aliphatic rings. The molecule has 0 fully saturated rings. The molecular formula is C20H20O4. The highest BCUT2D eigenvalue weighted by atomic mass is 16.5. The van der Waals surface area contributed by atoms with Crippen LogP contribution in [0.5, 0.6) is 0 Å². The number of benzene rings is 2. The molecule has 0 aromatic heterocycles. The van der Waals surface area contributed by atoms with Crippen molar-refractivity contribution < 1.29 is 19.1 Å². The largest absolute Gasteiger partial charge is 0.461 e. The summed E-state index contributed by atoms with van der Waals surface area (Å²) in [5.74, 6) is -0.620. The van der Waals surface area contributed by atoms with Crippen molar-refractivity contribution in [2.75, 3.05) is 13.2 Å². The molecule has 4 nitrogen and oxygen atoms in total. The maximum atomic E-state index is 11.7. The van der Waals surface area contributed by atoms with Crippen LogP contribution in [-0.4, -0.2) is 25.2 Å². The zero-order chi connectivity index (χ0) is 17.0. The number of ether oxygens (including phenoxy) is 2. The fourth-order valence-electron chi connectivity index (χ4n) is 2.02. The van der Waals surface area contributed by atoms with E-state index in [1.54, 1.807) is 36.4 Å². The first-order chi connectivity index (χ1) is 11.8. The predicted octanol–water partition coefficient (Wildman–Crippen LogP) is 3.58. The fourth-order valence-corrected chi connectivity index (χ4v) is 2.02. The third-order valence-electron chi connectivity index (χ3n) is 3.29. The van der Waals surface area contributed by atoms with E-state index in [2.05, 4.69) is 0 Å². The Labute approximate surface area is 141 Å². The lowest BCUT2D eigenvalue weighted by atomic mass is 10.1. The minimum atomic E-state index is -0.375. The normalized spacial score (nSPS) is 10.5. The number of hydrogen-bond acceptors (Lipinski definition) is 4. The van der Waals surface area contributed by atoms with Crippen molar-refractivity contribution >= 4 is 11.9 Å². The Morgan fingerprint density at radius 2 is 1.38 bits per heavy atom. The molecule has 2 aromatic carbocycles. The second-order valence-electron chi connectivity index (χ2n) is 5.10. The number of carbonyl (C=O) groups is 2. The molecule has 2 rings (SSSR count). The van der Waals surface area contributed by atoms with Gasteiger partial charge in [-0.15, -0.1) is 0 Å². The first kappa shape index (κ1) is 17.5. The SMILES string of the molecule is O=C(CCc1ccccc1)OC/C=C\COC(=O)c1ccccc1. The summed E-state index contributed by atoms with van der Waals surface area (Å²) in [7, 11) is 0. The quantitative estimate of drug-likeness (QED) is 0.550. The van der Waals surface area contributed by atoms with Crippen molar-refractivity contribution in [1.29, 1.82) is 0 Å². The van der Waals surface area contributed by atoms with Crippen LogP contribution in [-0.2, 0) is 20.7 Å². The lowest BCUT2D eigenvalue weighted by molar-refractivity contribution is -0.142. The molecule has 0 spiro atoms. The maximum Gasteiger partial charge on any atom is 0.338 e. The molecule has 0 heterocycles. The van der Waals surface area contributed by atoms with Crippen molar-refractivity contribution in [3.05, 3.63) is 83.9 Å². The number of aryl methyl sites for hydroxylation is 1. The van der Waals surface area contributed by atoms with E-state index in [1.807, 2.05) is 36.4 Å². The molecule has 4 heteroatoms. The second-order valence-corrected chi connectivity index (χ2v) is 5.10. The number of esters is 2. The Morgan fingerprint density at radius 1 is 0.792 bits per heavy atom. The van der Waals surface area contributed by atoms with Gasteiger partial charge in [-0.05, 0) is 36.3 Å². The third-order valence-corrected chi connectivity index (χ3v) is 3.29. The molecule has 0 saturated heterocycles. The molecule has 0 amide bonds. The highest BCUT2D eigenvalue weighted by Crippen LogP contribution is 2.03. The van der Waals surface area contributed by atoms with Crippen LogP contribution < -0.4 is 0 Å². The smallest absolute Gasteiger partial charge is 0.338 e. The molecule has 0 saturated carbocycles. The molecule has 0 radical (unpaired) electrons. The molecule has 0 bridgehead atoms. The molecule has 24 heavy (non-hydrogen) atoms. The van der Waals surface area contributed by atoms with Crippen LogP contribution in [0.15, 0.2) is 72.8 Å². The summed E-state index contributed by atoms with van der Waals surface area (Å²) < 4.78 is 10.2. The van der Waals surface area contributed by atoms with E-state index in [-0.39, 0.29) is 25.2 Å². The van der Waals surface area contributed by atoms with E-state index in [0.717, 1.165) is 5.56 Å². The Bertz CT molecular complexity index is 663. The molecule has 0 aliphatic heterocycles. The van der Waals surface area contributed by atoms with Gasteiger partial charge in [-0.2, -0.15) is 0 Å². The van der Waals surface area contributed by atoms with Gasteiger partial charge >= 0.3 is 11.9 Å². The lowest BCUT2D eigenvalue weighted by Crippen LogP contribution is -2.07.